The normalized spacial score (nSPS) is 24.7. The summed E-state index contributed by atoms with van der Waals surface area (Å²) in [5.41, 5.74) is 7.28. The molecular weight excluding hydrogens is 248 g/mol. The zero-order valence-corrected chi connectivity index (χ0v) is 11.5. The monoisotopic (exact) mass is 266 g/mol. The van der Waals surface area contributed by atoms with Crippen LogP contribution in [0.25, 0.3) is 0 Å². The standard InChI is InChI=1S/C14H19ClN2O/c1-9(2)17-13(18)8-7-12(16)14(17)10-3-5-11(15)6-4-10/h3-6,9,12,14H,7-8,16H2,1-2H3. The smallest absolute Gasteiger partial charge is 0.223 e. The summed E-state index contributed by atoms with van der Waals surface area (Å²) in [6.45, 7) is 4.05. The first kappa shape index (κ1) is 13.4. The second-order valence-corrected chi connectivity index (χ2v) is 5.53. The van der Waals surface area contributed by atoms with Crippen LogP contribution in [0.1, 0.15) is 38.3 Å². The third-order valence-electron chi connectivity index (χ3n) is 3.45. The number of carbonyl (C=O) groups is 1. The van der Waals surface area contributed by atoms with E-state index >= 15 is 0 Å². The van der Waals surface area contributed by atoms with Crippen molar-refractivity contribution in [1.29, 1.82) is 0 Å². The fourth-order valence-electron chi connectivity index (χ4n) is 2.62. The van der Waals surface area contributed by atoms with Gasteiger partial charge in [-0.05, 0) is 38.0 Å². The van der Waals surface area contributed by atoms with Crippen LogP contribution in [0.2, 0.25) is 5.02 Å². The van der Waals surface area contributed by atoms with Gasteiger partial charge in [0.25, 0.3) is 0 Å². The second-order valence-electron chi connectivity index (χ2n) is 5.09. The predicted molar refractivity (Wildman–Crippen MR) is 73.4 cm³/mol. The maximum absolute atomic E-state index is 12.1. The van der Waals surface area contributed by atoms with E-state index in [4.69, 9.17) is 17.3 Å². The van der Waals surface area contributed by atoms with Gasteiger partial charge in [0.05, 0.1) is 6.04 Å². The van der Waals surface area contributed by atoms with Crippen molar-refractivity contribution in [1.82, 2.24) is 4.90 Å². The van der Waals surface area contributed by atoms with E-state index in [-0.39, 0.29) is 24.0 Å². The Morgan fingerprint density at radius 3 is 2.50 bits per heavy atom. The summed E-state index contributed by atoms with van der Waals surface area (Å²) in [5, 5.41) is 0.700. The molecule has 2 rings (SSSR count). The van der Waals surface area contributed by atoms with Gasteiger partial charge in [0.1, 0.15) is 0 Å². The highest BCUT2D eigenvalue weighted by molar-refractivity contribution is 6.30. The molecule has 0 spiro atoms. The van der Waals surface area contributed by atoms with E-state index in [0.717, 1.165) is 12.0 Å². The van der Waals surface area contributed by atoms with Gasteiger partial charge < -0.3 is 10.6 Å². The highest BCUT2D eigenvalue weighted by Crippen LogP contribution is 2.33. The number of rotatable bonds is 2. The molecular formula is C14H19ClN2O. The van der Waals surface area contributed by atoms with Crippen molar-refractivity contribution >= 4 is 17.5 Å². The third-order valence-corrected chi connectivity index (χ3v) is 3.70. The molecule has 1 fully saturated rings. The maximum atomic E-state index is 12.1. The zero-order chi connectivity index (χ0) is 13.3. The van der Waals surface area contributed by atoms with Gasteiger partial charge in [-0.3, -0.25) is 4.79 Å². The Kier molecular flexibility index (Phi) is 3.93. The van der Waals surface area contributed by atoms with Crippen molar-refractivity contribution in [2.75, 3.05) is 0 Å². The molecule has 1 aliphatic rings. The Morgan fingerprint density at radius 1 is 1.33 bits per heavy atom. The largest absolute Gasteiger partial charge is 0.332 e. The summed E-state index contributed by atoms with van der Waals surface area (Å²) < 4.78 is 0. The minimum absolute atomic E-state index is 0.00808. The average Bonchev–Trinajstić information content (AvgIpc) is 2.32. The lowest BCUT2D eigenvalue weighted by Crippen LogP contribution is -2.51. The maximum Gasteiger partial charge on any atom is 0.223 e. The topological polar surface area (TPSA) is 46.3 Å². The molecule has 1 aromatic carbocycles. The summed E-state index contributed by atoms with van der Waals surface area (Å²) in [6.07, 6.45) is 1.29. The summed E-state index contributed by atoms with van der Waals surface area (Å²) in [6, 6.07) is 7.73. The predicted octanol–water partition coefficient (Wildman–Crippen LogP) is 2.74. The van der Waals surface area contributed by atoms with Crippen LogP contribution in [0.4, 0.5) is 0 Å². The van der Waals surface area contributed by atoms with Crippen molar-refractivity contribution in [3.63, 3.8) is 0 Å². The number of amides is 1. The lowest BCUT2D eigenvalue weighted by atomic mass is 9.89. The SMILES string of the molecule is CC(C)N1C(=O)CCC(N)C1c1ccc(Cl)cc1. The van der Waals surface area contributed by atoms with Crippen LogP contribution in [-0.4, -0.2) is 22.9 Å². The molecule has 18 heavy (non-hydrogen) atoms. The van der Waals surface area contributed by atoms with Crippen LogP contribution in [0, 0.1) is 0 Å². The Morgan fingerprint density at radius 2 is 1.94 bits per heavy atom. The number of carbonyl (C=O) groups excluding carboxylic acids is 1. The van der Waals surface area contributed by atoms with Gasteiger partial charge in [0, 0.05) is 23.5 Å². The number of nitrogens with zero attached hydrogens (tertiary/aromatic N) is 1. The Balaban J connectivity index is 2.36. The van der Waals surface area contributed by atoms with Gasteiger partial charge in [-0.2, -0.15) is 0 Å². The number of nitrogens with two attached hydrogens (primary N) is 1. The van der Waals surface area contributed by atoms with Crippen molar-refractivity contribution in [3.05, 3.63) is 34.9 Å². The minimum atomic E-state index is -0.0384. The number of halogens is 1. The summed E-state index contributed by atoms with van der Waals surface area (Å²) in [5.74, 6) is 0.187. The average molecular weight is 267 g/mol. The lowest BCUT2D eigenvalue weighted by molar-refractivity contribution is -0.139. The lowest BCUT2D eigenvalue weighted by Gasteiger charge is -2.42. The van der Waals surface area contributed by atoms with E-state index in [1.807, 2.05) is 43.0 Å². The molecule has 1 heterocycles. The van der Waals surface area contributed by atoms with Gasteiger partial charge in [0.15, 0.2) is 0 Å². The van der Waals surface area contributed by atoms with Crippen LogP contribution in [0.15, 0.2) is 24.3 Å². The quantitative estimate of drug-likeness (QED) is 0.895. The van der Waals surface area contributed by atoms with E-state index in [0.29, 0.717) is 11.4 Å². The van der Waals surface area contributed by atoms with Gasteiger partial charge in [0.2, 0.25) is 5.91 Å². The molecule has 1 aliphatic heterocycles. The fourth-order valence-corrected chi connectivity index (χ4v) is 2.74. The Bertz CT molecular complexity index is 430. The molecule has 1 saturated heterocycles. The molecule has 0 saturated carbocycles. The van der Waals surface area contributed by atoms with Crippen LogP contribution in [0.5, 0.6) is 0 Å². The number of benzene rings is 1. The fraction of sp³-hybridized carbons (Fsp3) is 0.500. The van der Waals surface area contributed by atoms with E-state index in [1.54, 1.807) is 0 Å². The van der Waals surface area contributed by atoms with Crippen molar-refractivity contribution in [3.8, 4) is 0 Å². The van der Waals surface area contributed by atoms with Crippen LogP contribution in [-0.2, 0) is 4.79 Å². The molecule has 0 bridgehead atoms. The molecule has 1 aromatic rings. The summed E-state index contributed by atoms with van der Waals surface area (Å²) in [7, 11) is 0. The first-order valence-electron chi connectivity index (χ1n) is 6.33. The van der Waals surface area contributed by atoms with Crippen molar-refractivity contribution < 1.29 is 4.79 Å². The van der Waals surface area contributed by atoms with Crippen LogP contribution >= 0.6 is 11.6 Å². The molecule has 0 aliphatic carbocycles. The zero-order valence-electron chi connectivity index (χ0n) is 10.8. The van der Waals surface area contributed by atoms with Crippen molar-refractivity contribution in [2.45, 2.75) is 44.8 Å². The minimum Gasteiger partial charge on any atom is -0.332 e. The van der Waals surface area contributed by atoms with Crippen LogP contribution in [0.3, 0.4) is 0 Å². The molecule has 3 nitrogen and oxygen atoms in total. The van der Waals surface area contributed by atoms with Crippen molar-refractivity contribution in [2.24, 2.45) is 5.73 Å². The molecule has 0 radical (unpaired) electrons. The first-order chi connectivity index (χ1) is 8.50. The van der Waals surface area contributed by atoms with Gasteiger partial charge in [-0.15, -0.1) is 0 Å². The number of piperidine rings is 1. The van der Waals surface area contributed by atoms with Crippen LogP contribution < -0.4 is 5.73 Å². The van der Waals surface area contributed by atoms with Gasteiger partial charge in [-0.25, -0.2) is 0 Å². The summed E-state index contributed by atoms with van der Waals surface area (Å²) >= 11 is 5.90. The number of likely N-dealkylation sites (tertiary alicyclic amines) is 1. The molecule has 1 amide bonds. The highest BCUT2D eigenvalue weighted by Gasteiger charge is 2.36. The molecule has 2 atom stereocenters. The third kappa shape index (κ3) is 2.52. The van der Waals surface area contributed by atoms with E-state index in [2.05, 4.69) is 0 Å². The Labute approximate surface area is 113 Å². The van der Waals surface area contributed by atoms with E-state index in [1.165, 1.54) is 0 Å². The summed E-state index contributed by atoms with van der Waals surface area (Å²) in [4.78, 5) is 14.0. The molecule has 2 unspecified atom stereocenters. The number of hydrogen-bond acceptors (Lipinski definition) is 2. The molecule has 0 aromatic heterocycles. The second kappa shape index (κ2) is 5.29. The molecule has 2 N–H and O–H groups in total. The Hall–Kier alpha value is -1.06. The first-order valence-corrected chi connectivity index (χ1v) is 6.70. The van der Waals surface area contributed by atoms with Gasteiger partial charge in [-0.1, -0.05) is 23.7 Å². The highest BCUT2D eigenvalue weighted by atomic mass is 35.5. The number of hydrogen-bond donors (Lipinski definition) is 1. The molecule has 4 heteroatoms. The molecule has 98 valence electrons. The van der Waals surface area contributed by atoms with Gasteiger partial charge >= 0.3 is 0 Å². The van der Waals surface area contributed by atoms with E-state index in [9.17, 15) is 4.79 Å². The van der Waals surface area contributed by atoms with E-state index < -0.39 is 0 Å².